The molecule has 0 spiro atoms. The van der Waals surface area contributed by atoms with E-state index >= 15 is 13.2 Å². The van der Waals surface area contributed by atoms with Gasteiger partial charge in [-0.2, -0.15) is 13.2 Å². The maximum Gasteiger partial charge on any atom is 0.402 e. The van der Waals surface area contributed by atoms with Gasteiger partial charge in [-0.3, -0.25) is 0 Å². The van der Waals surface area contributed by atoms with E-state index in [-0.39, 0.29) is 11.1 Å². The molecule has 0 N–H and O–H groups in total. The molecule has 282 valence electrons. The number of ether oxygens (including phenoxy) is 1. The first-order valence-corrected chi connectivity index (χ1v) is 19.5. The van der Waals surface area contributed by atoms with Gasteiger partial charge < -0.3 is 4.74 Å². The summed E-state index contributed by atoms with van der Waals surface area (Å²) in [6.45, 7) is 11.8. The standard InChI is InChI=1S/C52H41F3O2/c1-5-47(56)57-29-15-14-28-51(32(2)3)44-23-13-11-17-36(44)38-27-25-34(31-46(38)51)49-41-20-8-6-18-39(41)48(40-19-7-9-21-42(40)49)33-24-26-37-35-16-10-12-22-43(35)50(4,45(37)30-33)52(53,54)55/h5-13,16-27,30-31H,1-2,14-15,28-29H2,3-4H3. The Morgan fingerprint density at radius 1 is 0.632 bits per heavy atom. The number of esters is 1. The highest BCUT2D eigenvalue weighted by Gasteiger charge is 2.58. The predicted molar refractivity (Wildman–Crippen MR) is 226 cm³/mol. The summed E-state index contributed by atoms with van der Waals surface area (Å²) in [5.74, 6) is -0.419. The monoisotopic (exact) mass is 754 g/mol. The number of carbonyl (C=O) groups excluding carboxylic acids is 1. The van der Waals surface area contributed by atoms with Crippen LogP contribution in [0.25, 0.3) is 66.1 Å². The van der Waals surface area contributed by atoms with Crippen molar-refractivity contribution in [3.8, 4) is 44.5 Å². The van der Waals surface area contributed by atoms with Crippen LogP contribution in [-0.4, -0.2) is 18.8 Å². The normalized spacial score (nSPS) is 17.8. The van der Waals surface area contributed by atoms with Crippen molar-refractivity contribution >= 4 is 27.5 Å². The van der Waals surface area contributed by atoms with Crippen molar-refractivity contribution in [2.45, 2.75) is 50.1 Å². The largest absolute Gasteiger partial charge is 0.463 e. The second kappa shape index (κ2) is 13.5. The summed E-state index contributed by atoms with van der Waals surface area (Å²) in [6.07, 6.45) is -0.990. The summed E-state index contributed by atoms with van der Waals surface area (Å²) < 4.78 is 50.9. The SMILES string of the molecule is C=CC(=O)OCCCCC1(C(=C)C)c2ccccc2-c2ccc(-c3c4ccccc4c(-c4ccc5c(c4)C(C)(C(F)(F)F)c4ccccc4-5)c4ccccc34)cc21. The summed E-state index contributed by atoms with van der Waals surface area (Å²) in [5, 5.41) is 3.99. The first kappa shape index (κ1) is 36.4. The number of alkyl halides is 3. The van der Waals surface area contributed by atoms with Crippen molar-refractivity contribution in [1.29, 1.82) is 0 Å². The topological polar surface area (TPSA) is 26.3 Å². The Hall–Kier alpha value is -6.20. The fourth-order valence-electron chi connectivity index (χ4n) is 9.89. The number of hydrogen-bond donors (Lipinski definition) is 0. The molecule has 9 rings (SSSR count). The molecular formula is C52H41F3O2. The minimum absolute atomic E-state index is 0.277. The van der Waals surface area contributed by atoms with Crippen LogP contribution in [0.4, 0.5) is 13.2 Å². The Morgan fingerprint density at radius 2 is 1.09 bits per heavy atom. The van der Waals surface area contributed by atoms with Gasteiger partial charge in [-0.05, 0) is 134 Å². The third-order valence-electron chi connectivity index (χ3n) is 12.6. The maximum absolute atomic E-state index is 15.2. The quantitative estimate of drug-likeness (QED) is 0.0482. The first-order chi connectivity index (χ1) is 27.5. The highest BCUT2D eigenvalue weighted by atomic mass is 19.4. The fourth-order valence-corrected chi connectivity index (χ4v) is 9.89. The highest BCUT2D eigenvalue weighted by molar-refractivity contribution is 6.21. The molecule has 0 aliphatic heterocycles. The molecule has 2 aliphatic carbocycles. The van der Waals surface area contributed by atoms with Crippen molar-refractivity contribution in [3.05, 3.63) is 181 Å². The first-order valence-electron chi connectivity index (χ1n) is 19.5. The number of hydrogen-bond acceptors (Lipinski definition) is 2. The summed E-state index contributed by atoms with van der Waals surface area (Å²) >= 11 is 0. The maximum atomic E-state index is 15.2. The molecule has 2 atom stereocenters. The van der Waals surface area contributed by atoms with Gasteiger partial charge in [0, 0.05) is 11.5 Å². The zero-order chi connectivity index (χ0) is 39.7. The van der Waals surface area contributed by atoms with Crippen LogP contribution in [0.3, 0.4) is 0 Å². The lowest BCUT2D eigenvalue weighted by Gasteiger charge is -2.33. The number of benzene rings is 7. The molecule has 2 nitrogen and oxygen atoms in total. The third kappa shape index (κ3) is 5.35. The van der Waals surface area contributed by atoms with Gasteiger partial charge in [0.1, 0.15) is 5.41 Å². The van der Waals surface area contributed by atoms with Crippen LogP contribution in [0.15, 0.2) is 158 Å². The number of allylic oxidation sites excluding steroid dienone is 1. The second-order valence-electron chi connectivity index (χ2n) is 15.6. The molecule has 0 heterocycles. The Labute approximate surface area is 331 Å². The highest BCUT2D eigenvalue weighted by Crippen LogP contribution is 2.59. The molecule has 0 amide bonds. The molecule has 0 bridgehead atoms. The summed E-state index contributed by atoms with van der Waals surface area (Å²) in [5.41, 5.74) is 8.83. The van der Waals surface area contributed by atoms with Gasteiger partial charge in [0.05, 0.1) is 6.61 Å². The number of carbonyl (C=O) groups is 1. The molecule has 0 fully saturated rings. The van der Waals surface area contributed by atoms with Crippen LogP contribution in [-0.2, 0) is 20.4 Å². The van der Waals surface area contributed by atoms with Crippen molar-refractivity contribution in [3.63, 3.8) is 0 Å². The lowest BCUT2D eigenvalue weighted by atomic mass is 9.69. The van der Waals surface area contributed by atoms with Gasteiger partial charge in [-0.1, -0.05) is 140 Å². The minimum atomic E-state index is -4.49. The number of fused-ring (bicyclic) bond motifs is 8. The predicted octanol–water partition coefficient (Wildman–Crippen LogP) is 13.9. The van der Waals surface area contributed by atoms with Gasteiger partial charge in [0.15, 0.2) is 0 Å². The number of halogens is 3. The smallest absolute Gasteiger partial charge is 0.402 e. The minimum Gasteiger partial charge on any atom is -0.463 e. The summed E-state index contributed by atoms with van der Waals surface area (Å²) in [7, 11) is 0. The van der Waals surface area contributed by atoms with Crippen molar-refractivity contribution in [2.75, 3.05) is 6.61 Å². The van der Waals surface area contributed by atoms with Crippen LogP contribution in [0.5, 0.6) is 0 Å². The van der Waals surface area contributed by atoms with E-state index in [1.54, 1.807) is 30.3 Å². The average molecular weight is 755 g/mol. The van der Waals surface area contributed by atoms with Gasteiger partial charge >= 0.3 is 12.1 Å². The molecule has 0 radical (unpaired) electrons. The van der Waals surface area contributed by atoms with E-state index in [0.717, 1.165) is 62.2 Å². The molecule has 7 aromatic carbocycles. The second-order valence-corrected chi connectivity index (χ2v) is 15.6. The van der Waals surface area contributed by atoms with Crippen molar-refractivity contribution < 1.29 is 22.7 Å². The number of unbranched alkanes of at least 4 members (excludes halogenated alkanes) is 1. The molecule has 5 heteroatoms. The molecule has 2 unspecified atom stereocenters. The van der Waals surface area contributed by atoms with E-state index in [9.17, 15) is 4.79 Å². The Morgan fingerprint density at radius 3 is 1.61 bits per heavy atom. The number of rotatable bonds is 9. The Bertz CT molecular complexity index is 2750. The van der Waals surface area contributed by atoms with Crippen LogP contribution >= 0.6 is 0 Å². The molecule has 0 aromatic heterocycles. The molecule has 0 saturated carbocycles. The average Bonchev–Trinajstić information content (AvgIpc) is 3.66. The lowest BCUT2D eigenvalue weighted by Crippen LogP contribution is -2.38. The lowest BCUT2D eigenvalue weighted by molar-refractivity contribution is -0.172. The molecule has 7 aromatic rings. The molecule has 2 aliphatic rings. The van der Waals surface area contributed by atoms with Gasteiger partial charge in [0.25, 0.3) is 0 Å². The van der Waals surface area contributed by atoms with Gasteiger partial charge in [-0.15, -0.1) is 0 Å². The summed E-state index contributed by atoms with van der Waals surface area (Å²) in [4.78, 5) is 11.7. The zero-order valence-corrected chi connectivity index (χ0v) is 32.0. The van der Waals surface area contributed by atoms with E-state index < -0.39 is 23.0 Å². The van der Waals surface area contributed by atoms with E-state index in [2.05, 4.69) is 86.8 Å². The fraction of sp³-hybridized carbons (Fsp3) is 0.173. The van der Waals surface area contributed by atoms with E-state index in [1.165, 1.54) is 35.3 Å². The van der Waals surface area contributed by atoms with E-state index in [1.807, 2.05) is 36.4 Å². The van der Waals surface area contributed by atoms with Crippen molar-refractivity contribution in [1.82, 2.24) is 0 Å². The van der Waals surface area contributed by atoms with Crippen LogP contribution in [0, 0.1) is 0 Å². The molecule has 0 saturated heterocycles. The third-order valence-corrected chi connectivity index (χ3v) is 12.6. The van der Waals surface area contributed by atoms with E-state index in [4.69, 9.17) is 4.74 Å². The van der Waals surface area contributed by atoms with Crippen LogP contribution in [0.1, 0.15) is 55.4 Å². The van der Waals surface area contributed by atoms with Crippen LogP contribution < -0.4 is 0 Å². The van der Waals surface area contributed by atoms with E-state index in [0.29, 0.717) is 24.2 Å². The Balaban J connectivity index is 1.23. The Kier molecular flexibility index (Phi) is 8.62. The van der Waals surface area contributed by atoms with Gasteiger partial charge in [0.2, 0.25) is 0 Å². The van der Waals surface area contributed by atoms with Crippen molar-refractivity contribution in [2.24, 2.45) is 0 Å². The van der Waals surface area contributed by atoms with Crippen LogP contribution in [0.2, 0.25) is 0 Å². The molecular weight excluding hydrogens is 714 g/mol. The van der Waals surface area contributed by atoms with Gasteiger partial charge in [-0.25, -0.2) is 4.79 Å². The zero-order valence-electron chi connectivity index (χ0n) is 32.0. The molecule has 57 heavy (non-hydrogen) atoms. The summed E-state index contributed by atoms with van der Waals surface area (Å²) in [6, 6.07) is 44.4.